The van der Waals surface area contributed by atoms with Gasteiger partial charge in [-0.3, -0.25) is 0 Å². The molecular weight excluding hydrogens is 230 g/mol. The summed E-state index contributed by atoms with van der Waals surface area (Å²) in [6.45, 7) is 11.4. The minimum absolute atomic E-state index is 0.849. The van der Waals surface area contributed by atoms with Crippen molar-refractivity contribution in [2.45, 2.75) is 6.92 Å². The Bertz CT molecular complexity index is 503. The lowest BCUT2D eigenvalue weighted by molar-refractivity contribution is 0.590. The molecular formula is C18H19N. The Balaban J connectivity index is 2.26. The minimum atomic E-state index is 0.849. The van der Waals surface area contributed by atoms with E-state index in [4.69, 9.17) is 0 Å². The zero-order chi connectivity index (χ0) is 13.7. The van der Waals surface area contributed by atoms with Crippen molar-refractivity contribution < 1.29 is 0 Å². The molecule has 0 aliphatic rings. The molecule has 0 aliphatic heterocycles. The first kappa shape index (κ1) is 13.2. The topological polar surface area (TPSA) is 3.24 Å². The zero-order valence-corrected chi connectivity index (χ0v) is 11.3. The average Bonchev–Trinajstić information content (AvgIpc) is 2.49. The Morgan fingerprint density at radius 2 is 1.16 bits per heavy atom. The highest BCUT2D eigenvalue weighted by atomic mass is 15.1. The number of rotatable bonds is 5. The number of hydrogen-bond donors (Lipinski definition) is 0. The van der Waals surface area contributed by atoms with Gasteiger partial charge in [-0.1, -0.05) is 73.8 Å². The molecule has 0 atom stereocenters. The predicted octanol–water partition coefficient (Wildman–Crippen LogP) is 4.65. The van der Waals surface area contributed by atoms with Crippen LogP contribution in [-0.2, 0) is 0 Å². The molecule has 0 saturated heterocycles. The molecule has 0 heterocycles. The molecule has 2 aromatic carbocycles. The van der Waals surface area contributed by atoms with Crippen LogP contribution in [-0.4, -0.2) is 11.4 Å². The van der Waals surface area contributed by atoms with Gasteiger partial charge in [-0.15, -0.1) is 0 Å². The fraction of sp³-hybridized carbons (Fsp3) is 0.111. The molecule has 0 spiro atoms. The Hall–Kier alpha value is -2.28. The molecule has 0 radical (unpaired) electrons. The lowest BCUT2D eigenvalue weighted by Crippen LogP contribution is -2.19. The zero-order valence-electron chi connectivity index (χ0n) is 11.3. The summed E-state index contributed by atoms with van der Waals surface area (Å²) in [7, 11) is 0. The standard InChI is InChI=1S/C18H19N/c1-4-19(15(2)17-11-7-5-8-12-17)16(3)18-13-9-6-10-14-18/h5-14H,2-4H2,1H3. The fourth-order valence-electron chi connectivity index (χ4n) is 2.12. The molecule has 0 amide bonds. The van der Waals surface area contributed by atoms with Crippen molar-refractivity contribution in [2.24, 2.45) is 0 Å². The second-order valence-corrected chi connectivity index (χ2v) is 4.37. The summed E-state index contributed by atoms with van der Waals surface area (Å²) >= 11 is 0. The first-order chi connectivity index (χ1) is 9.24. The van der Waals surface area contributed by atoms with Crippen molar-refractivity contribution in [2.75, 3.05) is 6.54 Å². The van der Waals surface area contributed by atoms with E-state index in [1.165, 1.54) is 0 Å². The Kier molecular flexibility index (Phi) is 4.19. The maximum absolute atomic E-state index is 4.21. The molecule has 0 bridgehead atoms. The lowest BCUT2D eigenvalue weighted by Gasteiger charge is -2.27. The van der Waals surface area contributed by atoms with Crippen LogP contribution in [0.4, 0.5) is 0 Å². The van der Waals surface area contributed by atoms with Crippen molar-refractivity contribution in [3.63, 3.8) is 0 Å². The van der Waals surface area contributed by atoms with Crippen molar-refractivity contribution >= 4 is 11.4 Å². The molecule has 0 fully saturated rings. The van der Waals surface area contributed by atoms with Crippen molar-refractivity contribution in [3.05, 3.63) is 84.9 Å². The molecule has 0 N–H and O–H groups in total. The van der Waals surface area contributed by atoms with Crippen LogP contribution in [0.25, 0.3) is 11.4 Å². The summed E-state index contributed by atoms with van der Waals surface area (Å²) in [5.74, 6) is 0. The predicted molar refractivity (Wildman–Crippen MR) is 83.3 cm³/mol. The third-order valence-electron chi connectivity index (χ3n) is 3.18. The van der Waals surface area contributed by atoms with E-state index >= 15 is 0 Å². The molecule has 0 saturated carbocycles. The highest BCUT2D eigenvalue weighted by molar-refractivity contribution is 5.74. The Morgan fingerprint density at radius 3 is 1.47 bits per heavy atom. The fourth-order valence-corrected chi connectivity index (χ4v) is 2.12. The molecule has 19 heavy (non-hydrogen) atoms. The third-order valence-corrected chi connectivity index (χ3v) is 3.18. The highest BCUT2D eigenvalue weighted by Crippen LogP contribution is 2.26. The molecule has 2 rings (SSSR count). The van der Waals surface area contributed by atoms with Gasteiger partial charge in [0.1, 0.15) is 0 Å². The monoisotopic (exact) mass is 249 g/mol. The van der Waals surface area contributed by atoms with Crippen LogP contribution >= 0.6 is 0 Å². The summed E-state index contributed by atoms with van der Waals surface area (Å²) in [5, 5.41) is 0. The van der Waals surface area contributed by atoms with E-state index in [9.17, 15) is 0 Å². The molecule has 1 nitrogen and oxygen atoms in total. The van der Waals surface area contributed by atoms with Crippen molar-refractivity contribution in [1.82, 2.24) is 4.90 Å². The van der Waals surface area contributed by atoms with Crippen LogP contribution in [0.15, 0.2) is 73.8 Å². The highest BCUT2D eigenvalue weighted by Gasteiger charge is 2.12. The van der Waals surface area contributed by atoms with Gasteiger partial charge >= 0.3 is 0 Å². The number of hydrogen-bond acceptors (Lipinski definition) is 1. The van der Waals surface area contributed by atoms with Gasteiger partial charge in [-0.05, 0) is 18.1 Å². The number of nitrogens with zero attached hydrogens (tertiary/aromatic N) is 1. The van der Waals surface area contributed by atoms with Gasteiger partial charge in [0.05, 0.1) is 0 Å². The van der Waals surface area contributed by atoms with Crippen LogP contribution in [0.2, 0.25) is 0 Å². The summed E-state index contributed by atoms with van der Waals surface area (Å²) < 4.78 is 0. The minimum Gasteiger partial charge on any atom is -0.342 e. The van der Waals surface area contributed by atoms with Gasteiger partial charge in [0.25, 0.3) is 0 Å². The Labute approximate surface area is 115 Å². The van der Waals surface area contributed by atoms with Gasteiger partial charge < -0.3 is 4.90 Å². The van der Waals surface area contributed by atoms with E-state index in [1.54, 1.807) is 0 Å². The third kappa shape index (κ3) is 2.94. The van der Waals surface area contributed by atoms with E-state index in [0.29, 0.717) is 0 Å². The molecule has 2 aromatic rings. The van der Waals surface area contributed by atoms with E-state index < -0.39 is 0 Å². The number of benzene rings is 2. The summed E-state index contributed by atoms with van der Waals surface area (Å²) in [4.78, 5) is 2.14. The van der Waals surface area contributed by atoms with Crippen LogP contribution in [0.5, 0.6) is 0 Å². The second kappa shape index (κ2) is 6.05. The van der Waals surface area contributed by atoms with Gasteiger partial charge in [0.15, 0.2) is 0 Å². The maximum atomic E-state index is 4.21. The summed E-state index contributed by atoms with van der Waals surface area (Å²) in [6.07, 6.45) is 0. The first-order valence-corrected chi connectivity index (χ1v) is 6.50. The molecule has 1 heteroatoms. The smallest absolute Gasteiger partial charge is 0.0411 e. The SMILES string of the molecule is C=C(c1ccccc1)N(CC)C(=C)c1ccccc1. The van der Waals surface area contributed by atoms with Crippen LogP contribution in [0.3, 0.4) is 0 Å². The van der Waals surface area contributed by atoms with E-state index in [0.717, 1.165) is 29.1 Å². The molecule has 0 aromatic heterocycles. The quantitative estimate of drug-likeness (QED) is 0.745. The van der Waals surface area contributed by atoms with E-state index in [-0.39, 0.29) is 0 Å². The summed E-state index contributed by atoms with van der Waals surface area (Å²) in [6, 6.07) is 20.4. The summed E-state index contributed by atoms with van der Waals surface area (Å²) in [5.41, 5.74) is 4.22. The van der Waals surface area contributed by atoms with Gasteiger partial charge in [-0.25, -0.2) is 0 Å². The molecule has 96 valence electrons. The second-order valence-electron chi connectivity index (χ2n) is 4.37. The average molecular weight is 249 g/mol. The normalized spacial score (nSPS) is 9.95. The largest absolute Gasteiger partial charge is 0.342 e. The van der Waals surface area contributed by atoms with Crippen LogP contribution in [0, 0.1) is 0 Å². The maximum Gasteiger partial charge on any atom is 0.0411 e. The van der Waals surface area contributed by atoms with Gasteiger partial charge in [-0.2, -0.15) is 0 Å². The van der Waals surface area contributed by atoms with E-state index in [1.807, 2.05) is 36.4 Å². The van der Waals surface area contributed by atoms with E-state index in [2.05, 4.69) is 49.2 Å². The molecule has 0 unspecified atom stereocenters. The first-order valence-electron chi connectivity index (χ1n) is 6.50. The van der Waals surface area contributed by atoms with Crippen molar-refractivity contribution in [1.29, 1.82) is 0 Å². The molecule has 0 aliphatic carbocycles. The van der Waals surface area contributed by atoms with Crippen molar-refractivity contribution in [3.8, 4) is 0 Å². The lowest BCUT2D eigenvalue weighted by atomic mass is 10.1. The van der Waals surface area contributed by atoms with Gasteiger partial charge in [0, 0.05) is 17.9 Å². The Morgan fingerprint density at radius 1 is 0.789 bits per heavy atom. The van der Waals surface area contributed by atoms with Crippen LogP contribution in [0.1, 0.15) is 18.1 Å². The van der Waals surface area contributed by atoms with Gasteiger partial charge in [0.2, 0.25) is 0 Å². The van der Waals surface area contributed by atoms with Crippen LogP contribution < -0.4 is 0 Å².